The summed E-state index contributed by atoms with van der Waals surface area (Å²) in [6, 6.07) is 12.0. The van der Waals surface area contributed by atoms with Gasteiger partial charge in [-0.1, -0.05) is 18.2 Å². The number of rotatable bonds is 4. The van der Waals surface area contributed by atoms with E-state index in [0.29, 0.717) is 18.1 Å². The Balaban J connectivity index is 1.84. The van der Waals surface area contributed by atoms with E-state index in [2.05, 4.69) is 18.0 Å². The molecule has 0 spiro atoms. The number of benzene rings is 1. The van der Waals surface area contributed by atoms with Crippen molar-refractivity contribution in [3.8, 4) is 0 Å². The Kier molecular flexibility index (Phi) is 4.77. The highest BCUT2D eigenvalue weighted by molar-refractivity contribution is 7.09. The third kappa shape index (κ3) is 3.22. The predicted molar refractivity (Wildman–Crippen MR) is 114 cm³/mol. The first-order valence-electron chi connectivity index (χ1n) is 9.22. The largest absolute Gasteiger partial charge is 0.451 e. The Morgan fingerprint density at radius 1 is 1.11 bits per heavy atom. The molecular formula is C23H22N2O2S. The second-order valence-electron chi connectivity index (χ2n) is 7.13. The van der Waals surface area contributed by atoms with E-state index in [0.717, 1.165) is 38.1 Å². The highest BCUT2D eigenvalue weighted by atomic mass is 32.1. The molecule has 0 unspecified atom stereocenters. The molecule has 0 atom stereocenters. The molecule has 0 aliphatic rings. The third-order valence-electron chi connectivity index (χ3n) is 4.94. The van der Waals surface area contributed by atoms with Gasteiger partial charge in [0.05, 0.1) is 6.54 Å². The summed E-state index contributed by atoms with van der Waals surface area (Å²) >= 11 is 1.63. The molecule has 0 saturated carbocycles. The number of hydrogen-bond acceptors (Lipinski definition) is 4. The van der Waals surface area contributed by atoms with Crippen LogP contribution in [0, 0.1) is 27.7 Å². The van der Waals surface area contributed by atoms with Crippen molar-refractivity contribution >= 4 is 34.0 Å². The number of pyridine rings is 1. The van der Waals surface area contributed by atoms with E-state index >= 15 is 0 Å². The van der Waals surface area contributed by atoms with Crippen LogP contribution in [0.15, 0.2) is 52.4 Å². The average Bonchev–Trinajstić information content (AvgIpc) is 3.27. The fourth-order valence-corrected chi connectivity index (χ4v) is 4.37. The van der Waals surface area contributed by atoms with Gasteiger partial charge < -0.3 is 4.42 Å². The predicted octanol–water partition coefficient (Wildman–Crippen LogP) is 5.97. The normalized spacial score (nSPS) is 11.1. The zero-order chi connectivity index (χ0) is 19.8. The van der Waals surface area contributed by atoms with E-state index in [9.17, 15) is 4.79 Å². The number of carbonyl (C=O) groups excluding carboxylic acids is 1. The highest BCUT2D eigenvalue weighted by Crippen LogP contribution is 2.32. The fraction of sp³-hybridized carbons (Fsp3) is 0.217. The maximum atomic E-state index is 13.6. The first-order chi connectivity index (χ1) is 13.5. The molecule has 0 aliphatic carbocycles. The molecule has 0 bridgehead atoms. The molecule has 0 fully saturated rings. The quantitative estimate of drug-likeness (QED) is 0.431. The van der Waals surface area contributed by atoms with Crippen molar-refractivity contribution in [3.63, 3.8) is 0 Å². The minimum absolute atomic E-state index is 0.166. The Hall–Kier alpha value is -2.92. The van der Waals surface area contributed by atoms with Crippen LogP contribution in [0.4, 0.5) is 5.82 Å². The smallest absolute Gasteiger partial charge is 0.295 e. The third-order valence-corrected chi connectivity index (χ3v) is 5.80. The number of aromatic nitrogens is 1. The van der Waals surface area contributed by atoms with Crippen LogP contribution < -0.4 is 4.90 Å². The summed E-state index contributed by atoms with van der Waals surface area (Å²) in [5, 5.41) is 3.03. The van der Waals surface area contributed by atoms with Crippen molar-refractivity contribution < 1.29 is 9.21 Å². The van der Waals surface area contributed by atoms with E-state index in [1.807, 2.05) is 56.5 Å². The molecule has 3 aromatic heterocycles. The maximum absolute atomic E-state index is 13.6. The van der Waals surface area contributed by atoms with Crippen LogP contribution in [-0.2, 0) is 6.54 Å². The molecule has 4 aromatic rings. The molecule has 5 heteroatoms. The summed E-state index contributed by atoms with van der Waals surface area (Å²) in [7, 11) is 0. The van der Waals surface area contributed by atoms with Gasteiger partial charge in [-0.15, -0.1) is 11.3 Å². The van der Waals surface area contributed by atoms with Gasteiger partial charge in [0.1, 0.15) is 11.4 Å². The van der Waals surface area contributed by atoms with Crippen LogP contribution >= 0.6 is 11.3 Å². The zero-order valence-electron chi connectivity index (χ0n) is 16.4. The molecule has 3 heterocycles. The molecule has 1 aromatic carbocycles. The van der Waals surface area contributed by atoms with Crippen molar-refractivity contribution in [1.29, 1.82) is 0 Å². The molecular weight excluding hydrogens is 368 g/mol. The lowest BCUT2D eigenvalue weighted by molar-refractivity contribution is 0.0959. The molecule has 0 saturated heterocycles. The maximum Gasteiger partial charge on any atom is 0.295 e. The standard InChI is InChI=1S/C23H22N2O2S/c1-14-11-16(3)20-17(4)21(27-19(20)12-14)23(26)25(13-18-8-6-10-28-18)22-15(2)7-5-9-24-22/h5-12H,13H2,1-4H3. The minimum Gasteiger partial charge on any atom is -0.451 e. The van der Waals surface area contributed by atoms with Gasteiger partial charge in [-0.05, 0) is 68.0 Å². The number of hydrogen-bond donors (Lipinski definition) is 0. The topological polar surface area (TPSA) is 46.3 Å². The number of amides is 1. The van der Waals surface area contributed by atoms with Gasteiger partial charge in [0.15, 0.2) is 5.76 Å². The SMILES string of the molecule is Cc1cc(C)c2c(C)c(C(=O)N(Cc3cccs3)c3ncccc3C)oc2c1. The number of nitrogens with zero attached hydrogens (tertiary/aromatic N) is 2. The van der Waals surface area contributed by atoms with Crippen LogP contribution in [0.5, 0.6) is 0 Å². The second kappa shape index (κ2) is 7.24. The van der Waals surface area contributed by atoms with Crippen molar-refractivity contribution in [2.24, 2.45) is 0 Å². The van der Waals surface area contributed by atoms with Crippen molar-refractivity contribution in [3.05, 3.63) is 80.9 Å². The van der Waals surface area contributed by atoms with Gasteiger partial charge in [0.2, 0.25) is 0 Å². The molecule has 0 N–H and O–H groups in total. The van der Waals surface area contributed by atoms with E-state index in [1.165, 1.54) is 0 Å². The average molecular weight is 391 g/mol. The minimum atomic E-state index is -0.166. The van der Waals surface area contributed by atoms with Crippen molar-refractivity contribution in [1.82, 2.24) is 4.98 Å². The fourth-order valence-electron chi connectivity index (χ4n) is 3.68. The van der Waals surface area contributed by atoms with E-state index in [4.69, 9.17) is 4.42 Å². The lowest BCUT2D eigenvalue weighted by Crippen LogP contribution is -2.31. The second-order valence-corrected chi connectivity index (χ2v) is 8.16. The number of anilines is 1. The summed E-state index contributed by atoms with van der Waals surface area (Å²) < 4.78 is 6.07. The van der Waals surface area contributed by atoms with Gasteiger partial charge in [-0.3, -0.25) is 9.69 Å². The molecule has 1 amide bonds. The highest BCUT2D eigenvalue weighted by Gasteiger charge is 2.27. The van der Waals surface area contributed by atoms with Gasteiger partial charge in [-0.2, -0.15) is 0 Å². The van der Waals surface area contributed by atoms with Gasteiger partial charge >= 0.3 is 0 Å². The molecule has 0 radical (unpaired) electrons. The Morgan fingerprint density at radius 2 is 1.93 bits per heavy atom. The molecule has 142 valence electrons. The van der Waals surface area contributed by atoms with Crippen molar-refractivity contribution in [2.45, 2.75) is 34.2 Å². The molecule has 0 aliphatic heterocycles. The Bertz CT molecular complexity index is 1160. The number of carbonyl (C=O) groups is 1. The molecule has 4 rings (SSSR count). The van der Waals surface area contributed by atoms with Gasteiger partial charge in [0, 0.05) is 22.0 Å². The molecule has 28 heavy (non-hydrogen) atoms. The summed E-state index contributed by atoms with van der Waals surface area (Å²) in [4.78, 5) is 20.9. The van der Waals surface area contributed by atoms with Gasteiger partial charge in [-0.25, -0.2) is 4.98 Å². The number of aryl methyl sites for hydroxylation is 4. The van der Waals surface area contributed by atoms with Crippen LogP contribution in [0.3, 0.4) is 0 Å². The lowest BCUT2D eigenvalue weighted by Gasteiger charge is -2.22. The summed E-state index contributed by atoms with van der Waals surface area (Å²) in [5.74, 6) is 0.875. The molecule has 4 nitrogen and oxygen atoms in total. The van der Waals surface area contributed by atoms with E-state index in [-0.39, 0.29) is 5.91 Å². The van der Waals surface area contributed by atoms with Crippen LogP contribution in [0.1, 0.15) is 37.7 Å². The summed E-state index contributed by atoms with van der Waals surface area (Å²) in [6.07, 6.45) is 1.72. The number of thiophene rings is 1. The Labute approximate surface area is 168 Å². The van der Waals surface area contributed by atoms with Crippen LogP contribution in [0.2, 0.25) is 0 Å². The number of furan rings is 1. The Morgan fingerprint density at radius 3 is 2.64 bits per heavy atom. The van der Waals surface area contributed by atoms with Crippen LogP contribution in [-0.4, -0.2) is 10.9 Å². The lowest BCUT2D eigenvalue weighted by atomic mass is 10.0. The van der Waals surface area contributed by atoms with Crippen LogP contribution in [0.25, 0.3) is 11.0 Å². The summed E-state index contributed by atoms with van der Waals surface area (Å²) in [5.41, 5.74) is 4.82. The first kappa shape index (κ1) is 18.4. The van der Waals surface area contributed by atoms with E-state index < -0.39 is 0 Å². The monoisotopic (exact) mass is 390 g/mol. The van der Waals surface area contributed by atoms with Crippen molar-refractivity contribution in [2.75, 3.05) is 4.90 Å². The first-order valence-corrected chi connectivity index (χ1v) is 10.1. The summed E-state index contributed by atoms with van der Waals surface area (Å²) in [6.45, 7) is 8.47. The van der Waals surface area contributed by atoms with E-state index in [1.54, 1.807) is 22.4 Å². The number of fused-ring (bicyclic) bond motifs is 1. The van der Waals surface area contributed by atoms with Gasteiger partial charge in [0.25, 0.3) is 5.91 Å². The zero-order valence-corrected chi connectivity index (χ0v) is 17.3.